The van der Waals surface area contributed by atoms with E-state index in [1.54, 1.807) is 0 Å². The van der Waals surface area contributed by atoms with Crippen molar-refractivity contribution in [1.29, 1.82) is 0 Å². The normalized spacial score (nSPS) is 28.2. The summed E-state index contributed by atoms with van der Waals surface area (Å²) in [5.74, 6) is 1.02. The molecule has 72 valence electrons. The molecule has 0 aromatic rings. The molecule has 0 aliphatic carbocycles. The fraction of sp³-hybridized carbons (Fsp3) is 1.00. The molecular weight excluding hydrogens is 146 g/mol. The summed E-state index contributed by atoms with van der Waals surface area (Å²) in [5.41, 5.74) is 0. The molecule has 0 radical (unpaired) electrons. The van der Waals surface area contributed by atoms with Crippen LogP contribution in [0, 0.1) is 5.92 Å². The Morgan fingerprint density at radius 2 is 1.75 bits per heavy atom. The molecule has 0 aromatic heterocycles. The molecule has 1 aliphatic heterocycles. The lowest BCUT2D eigenvalue weighted by Gasteiger charge is -2.16. The van der Waals surface area contributed by atoms with Crippen LogP contribution in [0.4, 0.5) is 0 Å². The standard InChI is InChI=1S/C11H23N/c1-2-11-7-4-3-5-9-12-10-6-8-11/h11-12H,2-10H2,1H3/t11-/m1/s1. The lowest BCUT2D eigenvalue weighted by Crippen LogP contribution is -2.18. The van der Waals surface area contributed by atoms with Crippen molar-refractivity contribution in [3.8, 4) is 0 Å². The van der Waals surface area contributed by atoms with E-state index in [1.807, 2.05) is 0 Å². The van der Waals surface area contributed by atoms with Crippen molar-refractivity contribution in [3.05, 3.63) is 0 Å². The minimum absolute atomic E-state index is 1.02. The van der Waals surface area contributed by atoms with Crippen LogP contribution < -0.4 is 5.32 Å². The van der Waals surface area contributed by atoms with Crippen LogP contribution in [0.1, 0.15) is 51.9 Å². The smallest absolute Gasteiger partial charge is 0.00488 e. The van der Waals surface area contributed by atoms with Crippen molar-refractivity contribution in [2.24, 2.45) is 5.92 Å². The van der Waals surface area contributed by atoms with E-state index in [0.717, 1.165) is 5.92 Å². The molecule has 0 bridgehead atoms. The van der Waals surface area contributed by atoms with Crippen LogP contribution in [0.2, 0.25) is 0 Å². The second kappa shape index (κ2) is 6.47. The van der Waals surface area contributed by atoms with E-state index in [9.17, 15) is 0 Å². The van der Waals surface area contributed by atoms with Crippen LogP contribution in [-0.4, -0.2) is 13.1 Å². The summed E-state index contributed by atoms with van der Waals surface area (Å²) in [7, 11) is 0. The highest BCUT2D eigenvalue weighted by Crippen LogP contribution is 2.19. The molecule has 0 spiro atoms. The second-order valence-electron chi connectivity index (χ2n) is 4.02. The van der Waals surface area contributed by atoms with Gasteiger partial charge in [0.25, 0.3) is 0 Å². The van der Waals surface area contributed by atoms with Gasteiger partial charge in [-0.05, 0) is 38.3 Å². The second-order valence-corrected chi connectivity index (χ2v) is 4.02. The summed E-state index contributed by atoms with van der Waals surface area (Å²) in [6.45, 7) is 4.83. The van der Waals surface area contributed by atoms with Gasteiger partial charge in [-0.2, -0.15) is 0 Å². The highest BCUT2D eigenvalue weighted by Gasteiger charge is 2.06. The van der Waals surface area contributed by atoms with Crippen LogP contribution in [0.5, 0.6) is 0 Å². The Bertz CT molecular complexity index is 91.2. The minimum atomic E-state index is 1.02. The van der Waals surface area contributed by atoms with Crippen molar-refractivity contribution in [2.75, 3.05) is 13.1 Å². The Morgan fingerprint density at radius 1 is 1.00 bits per heavy atom. The molecule has 12 heavy (non-hydrogen) atoms. The Morgan fingerprint density at radius 3 is 2.58 bits per heavy atom. The van der Waals surface area contributed by atoms with Gasteiger partial charge in [0.2, 0.25) is 0 Å². The van der Waals surface area contributed by atoms with Crippen LogP contribution in [0.25, 0.3) is 0 Å². The molecule has 1 N–H and O–H groups in total. The molecule has 1 rings (SSSR count). The average Bonchev–Trinajstić information content (AvgIpc) is 2.14. The number of rotatable bonds is 1. The summed E-state index contributed by atoms with van der Waals surface area (Å²) >= 11 is 0. The van der Waals surface area contributed by atoms with Gasteiger partial charge in [0.15, 0.2) is 0 Å². The third-order valence-corrected chi connectivity index (χ3v) is 3.01. The zero-order chi connectivity index (χ0) is 8.65. The summed E-state index contributed by atoms with van der Waals surface area (Å²) < 4.78 is 0. The van der Waals surface area contributed by atoms with E-state index in [0.29, 0.717) is 0 Å². The summed E-state index contributed by atoms with van der Waals surface area (Å²) in [4.78, 5) is 0. The van der Waals surface area contributed by atoms with E-state index in [2.05, 4.69) is 12.2 Å². The molecule has 1 heterocycles. The van der Waals surface area contributed by atoms with Gasteiger partial charge in [0, 0.05) is 0 Å². The van der Waals surface area contributed by atoms with Crippen molar-refractivity contribution in [1.82, 2.24) is 5.32 Å². The summed E-state index contributed by atoms with van der Waals surface area (Å²) in [6, 6.07) is 0. The third kappa shape index (κ3) is 4.10. The molecule has 0 amide bonds. The van der Waals surface area contributed by atoms with Gasteiger partial charge in [-0.3, -0.25) is 0 Å². The predicted octanol–water partition coefficient (Wildman–Crippen LogP) is 2.96. The maximum absolute atomic E-state index is 3.50. The van der Waals surface area contributed by atoms with E-state index < -0.39 is 0 Å². The van der Waals surface area contributed by atoms with Crippen LogP contribution in [0.15, 0.2) is 0 Å². The van der Waals surface area contributed by atoms with Gasteiger partial charge < -0.3 is 5.32 Å². The molecule has 1 atom stereocenters. The topological polar surface area (TPSA) is 12.0 Å². The predicted molar refractivity (Wildman–Crippen MR) is 54.4 cm³/mol. The molecule has 0 saturated carbocycles. The monoisotopic (exact) mass is 169 g/mol. The molecule has 0 aromatic carbocycles. The molecular formula is C11H23N. The van der Waals surface area contributed by atoms with Crippen molar-refractivity contribution in [3.63, 3.8) is 0 Å². The quantitative estimate of drug-likeness (QED) is 0.636. The lowest BCUT2D eigenvalue weighted by atomic mass is 9.93. The molecule has 1 nitrogen and oxygen atoms in total. The Labute approximate surface area is 76.9 Å². The van der Waals surface area contributed by atoms with Crippen molar-refractivity contribution < 1.29 is 0 Å². The van der Waals surface area contributed by atoms with Crippen LogP contribution in [0.3, 0.4) is 0 Å². The Kier molecular flexibility index (Phi) is 5.42. The van der Waals surface area contributed by atoms with Gasteiger partial charge in [0.1, 0.15) is 0 Å². The van der Waals surface area contributed by atoms with Crippen LogP contribution >= 0.6 is 0 Å². The lowest BCUT2D eigenvalue weighted by molar-refractivity contribution is 0.385. The zero-order valence-corrected chi connectivity index (χ0v) is 8.44. The third-order valence-electron chi connectivity index (χ3n) is 3.01. The number of hydrogen-bond acceptors (Lipinski definition) is 1. The average molecular weight is 169 g/mol. The van der Waals surface area contributed by atoms with E-state index in [-0.39, 0.29) is 0 Å². The molecule has 1 heteroatoms. The Balaban J connectivity index is 2.17. The fourth-order valence-electron chi connectivity index (χ4n) is 2.05. The van der Waals surface area contributed by atoms with Gasteiger partial charge in [-0.15, -0.1) is 0 Å². The highest BCUT2D eigenvalue weighted by atomic mass is 14.8. The highest BCUT2D eigenvalue weighted by molar-refractivity contribution is 4.62. The minimum Gasteiger partial charge on any atom is -0.317 e. The SMILES string of the molecule is CC[C@@H]1CCCCCNCCC1. The van der Waals surface area contributed by atoms with Gasteiger partial charge in [0.05, 0.1) is 0 Å². The molecule has 1 saturated heterocycles. The van der Waals surface area contributed by atoms with E-state index in [1.165, 1.54) is 58.0 Å². The molecule has 1 fully saturated rings. The number of nitrogens with one attached hydrogen (secondary N) is 1. The molecule has 0 unspecified atom stereocenters. The first-order valence-electron chi connectivity index (χ1n) is 5.64. The zero-order valence-electron chi connectivity index (χ0n) is 8.44. The summed E-state index contributed by atoms with van der Waals surface area (Å²) in [6.07, 6.45) is 9.98. The van der Waals surface area contributed by atoms with Crippen LogP contribution in [-0.2, 0) is 0 Å². The fourth-order valence-corrected chi connectivity index (χ4v) is 2.05. The first-order valence-corrected chi connectivity index (χ1v) is 5.64. The largest absolute Gasteiger partial charge is 0.317 e. The van der Waals surface area contributed by atoms with E-state index >= 15 is 0 Å². The van der Waals surface area contributed by atoms with Crippen molar-refractivity contribution >= 4 is 0 Å². The first kappa shape index (κ1) is 10.0. The summed E-state index contributed by atoms with van der Waals surface area (Å²) in [5, 5.41) is 3.50. The maximum Gasteiger partial charge on any atom is -0.00488 e. The first-order chi connectivity index (χ1) is 5.93. The molecule has 1 aliphatic rings. The van der Waals surface area contributed by atoms with E-state index in [4.69, 9.17) is 0 Å². The van der Waals surface area contributed by atoms with Gasteiger partial charge in [-0.25, -0.2) is 0 Å². The number of hydrogen-bond donors (Lipinski definition) is 1. The maximum atomic E-state index is 3.50. The van der Waals surface area contributed by atoms with Crippen molar-refractivity contribution in [2.45, 2.75) is 51.9 Å². The van der Waals surface area contributed by atoms with Gasteiger partial charge >= 0.3 is 0 Å². The Hall–Kier alpha value is -0.0400. The van der Waals surface area contributed by atoms with Gasteiger partial charge in [-0.1, -0.05) is 32.6 Å².